The number of fused-ring (bicyclic) bond motifs is 2. The molecule has 0 radical (unpaired) electrons. The van der Waals surface area contributed by atoms with E-state index in [1.54, 1.807) is 13.8 Å². The van der Waals surface area contributed by atoms with Gasteiger partial charge in [-0.25, -0.2) is 0 Å². The van der Waals surface area contributed by atoms with Crippen molar-refractivity contribution in [1.29, 1.82) is 0 Å². The van der Waals surface area contributed by atoms with E-state index < -0.39 is 82.9 Å². The van der Waals surface area contributed by atoms with Crippen LogP contribution in [0.3, 0.4) is 0 Å². The summed E-state index contributed by atoms with van der Waals surface area (Å²) in [5.41, 5.74) is -4.06. The SMILES string of the molecule is CC(=O)O[C@H]1[C@H](O)[C@H]([C@]2(C)CC[C@H](C(C)(C)O)O2)[C@@]2(C)[C@H](O)C[C@@]34C[C@@]35CC[C@H](O[C@@H]3OC[C@@H](O)[C@H](O)[C@H]3O)C(C)(C)[C@@H]5CC[C@H]4[C@]12C. The van der Waals surface area contributed by atoms with Crippen molar-refractivity contribution in [3.63, 3.8) is 0 Å². The summed E-state index contributed by atoms with van der Waals surface area (Å²) >= 11 is 0. The molecule has 17 atom stereocenters. The first-order valence-corrected chi connectivity index (χ1v) is 18.4. The molecule has 2 heterocycles. The summed E-state index contributed by atoms with van der Waals surface area (Å²) in [5.74, 6) is -0.633. The maximum atomic E-state index is 12.7. The largest absolute Gasteiger partial charge is 0.459 e. The molecule has 2 saturated heterocycles. The van der Waals surface area contributed by atoms with Crippen LogP contribution in [0.15, 0.2) is 0 Å². The number of carbonyl (C=O) groups is 1. The van der Waals surface area contributed by atoms with Gasteiger partial charge in [-0.2, -0.15) is 0 Å². The molecular formula is C37H60O11. The average molecular weight is 681 g/mol. The third kappa shape index (κ3) is 4.41. The second kappa shape index (κ2) is 10.8. The molecule has 5 saturated carbocycles. The van der Waals surface area contributed by atoms with Crippen LogP contribution in [0.5, 0.6) is 0 Å². The minimum absolute atomic E-state index is 0.0596. The molecule has 0 amide bonds. The summed E-state index contributed by atoms with van der Waals surface area (Å²) in [5, 5.41) is 66.6. The molecule has 0 unspecified atom stereocenters. The van der Waals surface area contributed by atoms with E-state index in [0.29, 0.717) is 19.3 Å². The Kier molecular flexibility index (Phi) is 8.01. The minimum Gasteiger partial charge on any atom is -0.459 e. The summed E-state index contributed by atoms with van der Waals surface area (Å²) in [6.45, 7) is 15.4. The van der Waals surface area contributed by atoms with Crippen molar-refractivity contribution in [3.8, 4) is 0 Å². The third-order valence-corrected chi connectivity index (χ3v) is 16.0. The monoisotopic (exact) mass is 680 g/mol. The standard InChI is InChI=1S/C37H60O11/c1-18(38)46-29-27(43)28(33(6)13-11-24(48-33)32(4,5)44)35(8)22(40)15-37-17-36(37)14-12-23(47-30-26(42)25(41)19(39)16-45-30)31(2,3)20(36)9-10-21(37)34(29,35)7/h19-30,39-44H,9-17H2,1-8H3/t19-,20+,21+,22-,23+,24-,25+,26-,27-,28-,29+,30+,33+,34-,35-,36-,37+/m1/s1. The van der Waals surface area contributed by atoms with Crippen LogP contribution in [0, 0.1) is 44.8 Å². The quantitative estimate of drug-likeness (QED) is 0.186. The lowest BCUT2D eigenvalue weighted by molar-refractivity contribution is -0.304. The normalized spacial score (nSPS) is 57.2. The van der Waals surface area contributed by atoms with Gasteiger partial charge in [0.15, 0.2) is 6.29 Å². The van der Waals surface area contributed by atoms with Crippen molar-refractivity contribution >= 4 is 5.97 Å². The van der Waals surface area contributed by atoms with Crippen LogP contribution in [0.2, 0.25) is 0 Å². The number of esters is 1. The van der Waals surface area contributed by atoms with Crippen LogP contribution in [0.25, 0.3) is 0 Å². The summed E-state index contributed by atoms with van der Waals surface area (Å²) in [6, 6.07) is 0. The molecular weight excluding hydrogens is 620 g/mol. The van der Waals surface area contributed by atoms with Gasteiger partial charge >= 0.3 is 5.97 Å². The molecule has 2 spiro atoms. The Balaban J connectivity index is 1.22. The van der Waals surface area contributed by atoms with Gasteiger partial charge < -0.3 is 49.6 Å². The highest BCUT2D eigenvalue weighted by atomic mass is 16.7. The van der Waals surface area contributed by atoms with E-state index in [1.807, 2.05) is 6.92 Å². The number of aliphatic hydroxyl groups is 6. The van der Waals surface area contributed by atoms with Crippen molar-refractivity contribution in [2.45, 2.75) is 173 Å². The third-order valence-electron chi connectivity index (χ3n) is 16.0. The van der Waals surface area contributed by atoms with Gasteiger partial charge in [-0.05, 0) is 100 Å². The lowest BCUT2D eigenvalue weighted by Crippen LogP contribution is -2.66. The molecule has 7 fully saturated rings. The molecule has 11 heteroatoms. The zero-order valence-electron chi connectivity index (χ0n) is 30.0. The predicted molar refractivity (Wildman–Crippen MR) is 172 cm³/mol. The number of hydrogen-bond donors (Lipinski definition) is 6. The molecule has 48 heavy (non-hydrogen) atoms. The van der Waals surface area contributed by atoms with Gasteiger partial charge in [-0.3, -0.25) is 4.79 Å². The highest BCUT2D eigenvalue weighted by Crippen LogP contribution is 2.89. The lowest BCUT2D eigenvalue weighted by Gasteiger charge is -2.65. The van der Waals surface area contributed by atoms with Gasteiger partial charge in [0.1, 0.15) is 24.4 Å². The number of ether oxygens (including phenoxy) is 4. The van der Waals surface area contributed by atoms with Crippen molar-refractivity contribution < 1.29 is 54.4 Å². The molecule has 0 aromatic heterocycles. The van der Waals surface area contributed by atoms with Crippen molar-refractivity contribution in [3.05, 3.63) is 0 Å². The van der Waals surface area contributed by atoms with Gasteiger partial charge in [0.25, 0.3) is 0 Å². The zero-order chi connectivity index (χ0) is 35.2. The first-order chi connectivity index (χ1) is 22.1. The maximum absolute atomic E-state index is 12.7. The van der Waals surface area contributed by atoms with Gasteiger partial charge in [0.05, 0.1) is 42.2 Å². The number of aliphatic hydroxyl groups excluding tert-OH is 5. The fourth-order valence-corrected chi connectivity index (χ4v) is 13.7. The smallest absolute Gasteiger partial charge is 0.303 e. The maximum Gasteiger partial charge on any atom is 0.303 e. The second-order valence-electron chi connectivity index (χ2n) is 18.8. The summed E-state index contributed by atoms with van der Waals surface area (Å²) in [4.78, 5) is 12.7. The number of rotatable bonds is 5. The Labute approximate surface area is 284 Å². The molecule has 6 N–H and O–H groups in total. The molecule has 7 rings (SSSR count). The molecule has 0 aromatic rings. The molecule has 0 aromatic carbocycles. The van der Waals surface area contributed by atoms with Crippen molar-refractivity contribution in [1.82, 2.24) is 0 Å². The van der Waals surface area contributed by atoms with Crippen LogP contribution in [0.4, 0.5) is 0 Å². The first kappa shape index (κ1) is 35.5. The Bertz CT molecular complexity index is 1300. The minimum atomic E-state index is -1.35. The Morgan fingerprint density at radius 1 is 0.833 bits per heavy atom. The van der Waals surface area contributed by atoms with E-state index >= 15 is 0 Å². The predicted octanol–water partition coefficient (Wildman–Crippen LogP) is 2.44. The highest BCUT2D eigenvalue weighted by Gasteiger charge is 2.87. The van der Waals surface area contributed by atoms with Gasteiger partial charge in [0, 0.05) is 23.7 Å². The van der Waals surface area contributed by atoms with E-state index in [9.17, 15) is 35.4 Å². The highest BCUT2D eigenvalue weighted by molar-refractivity contribution is 5.66. The van der Waals surface area contributed by atoms with Gasteiger partial charge in [-0.1, -0.05) is 27.7 Å². The summed E-state index contributed by atoms with van der Waals surface area (Å²) < 4.78 is 24.9. The van der Waals surface area contributed by atoms with Crippen LogP contribution in [-0.4, -0.2) is 110 Å². The average Bonchev–Trinajstić information content (AvgIpc) is 3.38. The summed E-state index contributed by atoms with van der Waals surface area (Å²) in [6.07, 6.45) is -2.08. The molecule has 5 aliphatic carbocycles. The Hall–Kier alpha value is -0.890. The number of carbonyl (C=O) groups excluding carboxylic acids is 1. The zero-order valence-corrected chi connectivity index (χ0v) is 30.0. The fourth-order valence-electron chi connectivity index (χ4n) is 13.7. The Morgan fingerprint density at radius 2 is 1.50 bits per heavy atom. The molecule has 11 nitrogen and oxygen atoms in total. The number of hydrogen-bond acceptors (Lipinski definition) is 11. The van der Waals surface area contributed by atoms with Crippen LogP contribution in [0.1, 0.15) is 107 Å². The topological polar surface area (TPSA) is 175 Å². The van der Waals surface area contributed by atoms with Gasteiger partial charge in [-0.15, -0.1) is 0 Å². The summed E-state index contributed by atoms with van der Waals surface area (Å²) in [7, 11) is 0. The van der Waals surface area contributed by atoms with E-state index in [1.165, 1.54) is 6.92 Å². The van der Waals surface area contributed by atoms with E-state index in [2.05, 4.69) is 27.7 Å². The van der Waals surface area contributed by atoms with E-state index in [4.69, 9.17) is 18.9 Å². The fraction of sp³-hybridized carbons (Fsp3) is 0.973. The van der Waals surface area contributed by atoms with E-state index in [0.717, 1.165) is 32.1 Å². The van der Waals surface area contributed by atoms with Crippen molar-refractivity contribution in [2.75, 3.05) is 6.61 Å². The Morgan fingerprint density at radius 3 is 2.12 bits per heavy atom. The molecule has 7 aliphatic rings. The second-order valence-corrected chi connectivity index (χ2v) is 18.8. The van der Waals surface area contributed by atoms with Crippen LogP contribution >= 0.6 is 0 Å². The van der Waals surface area contributed by atoms with Crippen molar-refractivity contribution in [2.24, 2.45) is 44.8 Å². The van der Waals surface area contributed by atoms with Crippen LogP contribution < -0.4 is 0 Å². The van der Waals surface area contributed by atoms with E-state index in [-0.39, 0.29) is 40.8 Å². The molecule has 2 aliphatic heterocycles. The van der Waals surface area contributed by atoms with Crippen LogP contribution in [-0.2, 0) is 23.7 Å². The van der Waals surface area contributed by atoms with Gasteiger partial charge in [0.2, 0.25) is 0 Å². The first-order valence-electron chi connectivity index (χ1n) is 18.4. The molecule has 274 valence electrons. The lowest BCUT2D eigenvalue weighted by atomic mass is 9.40. The molecule has 0 bridgehead atoms.